The second kappa shape index (κ2) is 11.2. The summed E-state index contributed by atoms with van der Waals surface area (Å²) in [5, 5.41) is 19.6. The summed E-state index contributed by atoms with van der Waals surface area (Å²) in [5.41, 5.74) is 1.97. The zero-order valence-corrected chi connectivity index (χ0v) is 20.0. The van der Waals surface area contributed by atoms with Gasteiger partial charge in [-0.1, -0.05) is 13.3 Å². The van der Waals surface area contributed by atoms with Gasteiger partial charge in [-0.15, -0.1) is 11.3 Å². The van der Waals surface area contributed by atoms with Crippen molar-refractivity contribution < 1.29 is 23.8 Å². The number of nitriles is 1. The van der Waals surface area contributed by atoms with Crippen LogP contribution in [0.2, 0.25) is 0 Å². The highest BCUT2D eigenvalue weighted by Crippen LogP contribution is 2.34. The molecule has 0 fully saturated rings. The smallest absolute Gasteiger partial charge is 0.340 e. The molecule has 2 aromatic heterocycles. The van der Waals surface area contributed by atoms with Gasteiger partial charge in [0.15, 0.2) is 11.5 Å². The lowest BCUT2D eigenvalue weighted by atomic mass is 10.1. The molecule has 3 aromatic rings. The number of methoxy groups -OCH3 is 3. The highest BCUT2D eigenvalue weighted by atomic mass is 32.1. The van der Waals surface area contributed by atoms with Gasteiger partial charge in [0.2, 0.25) is 0 Å². The summed E-state index contributed by atoms with van der Waals surface area (Å²) >= 11 is 1.29. The number of carbonyl (C=O) groups excluding carboxylic acids is 2. The van der Waals surface area contributed by atoms with E-state index in [4.69, 9.17) is 14.2 Å². The summed E-state index contributed by atoms with van der Waals surface area (Å²) in [7, 11) is 4.36. The van der Waals surface area contributed by atoms with Crippen LogP contribution in [0.4, 0.5) is 5.00 Å². The third-order valence-corrected chi connectivity index (χ3v) is 6.03. The molecule has 176 valence electrons. The highest BCUT2D eigenvalue weighted by Gasteiger charge is 2.21. The molecule has 9 nitrogen and oxygen atoms in total. The number of aromatic nitrogens is 2. The minimum absolute atomic E-state index is 0.149. The lowest BCUT2D eigenvalue weighted by Gasteiger charge is -2.09. The fraction of sp³-hybridized carbons (Fsp3) is 0.250. The number of benzene rings is 1. The number of thiophene rings is 1. The van der Waals surface area contributed by atoms with Gasteiger partial charge in [0.25, 0.3) is 5.91 Å². The number of rotatable bonds is 9. The van der Waals surface area contributed by atoms with Crippen LogP contribution in [0.15, 0.2) is 36.0 Å². The Morgan fingerprint density at radius 3 is 2.62 bits per heavy atom. The lowest BCUT2D eigenvalue weighted by Crippen LogP contribution is -2.15. The van der Waals surface area contributed by atoms with Gasteiger partial charge in [0, 0.05) is 16.0 Å². The number of aryl methyl sites for hydroxylation is 1. The molecule has 1 aromatic carbocycles. The van der Waals surface area contributed by atoms with E-state index in [0.717, 1.165) is 23.3 Å². The summed E-state index contributed by atoms with van der Waals surface area (Å²) in [6, 6.07) is 8.95. The van der Waals surface area contributed by atoms with Gasteiger partial charge < -0.3 is 19.5 Å². The number of H-pyrrole nitrogens is 1. The Labute approximate surface area is 201 Å². The Hall–Kier alpha value is -4.10. The normalized spacial score (nSPS) is 11.0. The predicted octanol–water partition coefficient (Wildman–Crippen LogP) is 4.44. The van der Waals surface area contributed by atoms with Crippen LogP contribution in [-0.2, 0) is 16.0 Å². The maximum atomic E-state index is 12.9. The van der Waals surface area contributed by atoms with Crippen molar-refractivity contribution in [3.63, 3.8) is 0 Å². The molecule has 0 saturated heterocycles. The first-order valence-electron chi connectivity index (χ1n) is 10.4. The van der Waals surface area contributed by atoms with Crippen molar-refractivity contribution in [2.75, 3.05) is 26.6 Å². The van der Waals surface area contributed by atoms with E-state index < -0.39 is 11.9 Å². The summed E-state index contributed by atoms with van der Waals surface area (Å²) in [5.74, 6) is -0.0996. The first-order valence-corrected chi connectivity index (χ1v) is 11.2. The Morgan fingerprint density at radius 2 is 1.97 bits per heavy atom. The minimum atomic E-state index is -0.642. The zero-order chi connectivity index (χ0) is 24.7. The molecular weight excluding hydrogens is 456 g/mol. The Morgan fingerprint density at radius 1 is 1.21 bits per heavy atom. The van der Waals surface area contributed by atoms with E-state index in [1.165, 1.54) is 37.8 Å². The van der Waals surface area contributed by atoms with Crippen molar-refractivity contribution in [2.24, 2.45) is 0 Å². The van der Waals surface area contributed by atoms with Gasteiger partial charge in [-0.05, 0) is 36.8 Å². The summed E-state index contributed by atoms with van der Waals surface area (Å²) in [6.07, 6.45) is 4.59. The molecule has 0 unspecified atom stereocenters. The van der Waals surface area contributed by atoms with Crippen molar-refractivity contribution in [3.8, 4) is 28.8 Å². The van der Waals surface area contributed by atoms with Crippen LogP contribution in [0, 0.1) is 11.3 Å². The van der Waals surface area contributed by atoms with Crippen LogP contribution in [0.5, 0.6) is 11.5 Å². The van der Waals surface area contributed by atoms with E-state index in [1.807, 2.05) is 19.1 Å². The average molecular weight is 481 g/mol. The molecule has 0 aliphatic heterocycles. The first-order chi connectivity index (χ1) is 16.4. The van der Waals surface area contributed by atoms with E-state index in [2.05, 4.69) is 15.5 Å². The van der Waals surface area contributed by atoms with Crippen molar-refractivity contribution in [1.82, 2.24) is 10.2 Å². The van der Waals surface area contributed by atoms with E-state index >= 15 is 0 Å². The summed E-state index contributed by atoms with van der Waals surface area (Å²) in [4.78, 5) is 26.0. The molecule has 34 heavy (non-hydrogen) atoms. The molecule has 0 atom stereocenters. The summed E-state index contributed by atoms with van der Waals surface area (Å²) < 4.78 is 15.4. The van der Waals surface area contributed by atoms with Crippen molar-refractivity contribution in [2.45, 2.75) is 19.8 Å². The standard InChI is InChI=1S/C24H24N4O5S/c1-5-6-17-11-18(24(30)33-4)23(34-17)27-22(29)15(12-25)9-16-13-26-28-21(16)14-7-8-19(31-2)20(10-14)32-3/h7-11,13H,5-6H2,1-4H3,(H,26,28)(H,27,29). The number of amides is 1. The minimum Gasteiger partial charge on any atom is -0.493 e. The average Bonchev–Trinajstić information content (AvgIpc) is 3.48. The number of ether oxygens (including phenoxy) is 3. The number of nitrogens with one attached hydrogen (secondary N) is 2. The lowest BCUT2D eigenvalue weighted by molar-refractivity contribution is -0.112. The van der Waals surface area contributed by atoms with Crippen LogP contribution < -0.4 is 14.8 Å². The van der Waals surface area contributed by atoms with E-state index in [9.17, 15) is 14.9 Å². The maximum Gasteiger partial charge on any atom is 0.340 e. The van der Waals surface area contributed by atoms with Crippen molar-refractivity contribution >= 4 is 34.3 Å². The number of esters is 1. The maximum absolute atomic E-state index is 12.9. The molecular formula is C24H24N4O5S. The van der Waals surface area contributed by atoms with E-state index in [0.29, 0.717) is 27.8 Å². The quantitative estimate of drug-likeness (QED) is 0.263. The molecule has 0 bridgehead atoms. The van der Waals surface area contributed by atoms with Gasteiger partial charge in [-0.2, -0.15) is 10.4 Å². The van der Waals surface area contributed by atoms with Crippen LogP contribution >= 0.6 is 11.3 Å². The molecule has 1 amide bonds. The predicted molar refractivity (Wildman–Crippen MR) is 129 cm³/mol. The fourth-order valence-electron chi connectivity index (χ4n) is 3.27. The number of carbonyl (C=O) groups is 2. The monoisotopic (exact) mass is 480 g/mol. The third kappa shape index (κ3) is 5.27. The number of hydrogen-bond acceptors (Lipinski definition) is 8. The van der Waals surface area contributed by atoms with E-state index in [1.54, 1.807) is 25.3 Å². The molecule has 0 aliphatic carbocycles. The van der Waals surface area contributed by atoms with Crippen LogP contribution in [0.1, 0.15) is 34.1 Å². The van der Waals surface area contributed by atoms with Gasteiger partial charge in [0.1, 0.15) is 16.6 Å². The SMILES string of the molecule is CCCc1cc(C(=O)OC)c(NC(=O)C(C#N)=Cc2cn[nH]c2-c2ccc(OC)c(OC)c2)s1. The Bertz CT molecular complexity index is 1270. The number of hydrogen-bond donors (Lipinski definition) is 2. The fourth-order valence-corrected chi connectivity index (χ4v) is 4.41. The van der Waals surface area contributed by atoms with E-state index in [-0.39, 0.29) is 11.1 Å². The summed E-state index contributed by atoms with van der Waals surface area (Å²) in [6.45, 7) is 2.02. The number of anilines is 1. The molecule has 3 rings (SSSR count). The second-order valence-corrected chi connectivity index (χ2v) is 8.23. The number of aromatic amines is 1. The van der Waals surface area contributed by atoms with Gasteiger partial charge in [0.05, 0.1) is 38.8 Å². The highest BCUT2D eigenvalue weighted by molar-refractivity contribution is 7.16. The molecule has 0 aliphatic rings. The second-order valence-electron chi connectivity index (χ2n) is 7.09. The van der Waals surface area contributed by atoms with Crippen molar-refractivity contribution in [3.05, 3.63) is 52.0 Å². The van der Waals surface area contributed by atoms with Gasteiger partial charge >= 0.3 is 5.97 Å². The first kappa shape index (κ1) is 24.5. The molecule has 2 heterocycles. The number of nitrogens with zero attached hydrogens (tertiary/aromatic N) is 2. The molecule has 2 N–H and O–H groups in total. The zero-order valence-electron chi connectivity index (χ0n) is 19.2. The molecule has 10 heteroatoms. The van der Waals surface area contributed by atoms with Crippen molar-refractivity contribution in [1.29, 1.82) is 5.26 Å². The van der Waals surface area contributed by atoms with Gasteiger partial charge in [-0.25, -0.2) is 4.79 Å². The van der Waals surface area contributed by atoms with Crippen LogP contribution in [0.3, 0.4) is 0 Å². The topological polar surface area (TPSA) is 126 Å². The van der Waals surface area contributed by atoms with Crippen LogP contribution in [0.25, 0.3) is 17.3 Å². The molecule has 0 radical (unpaired) electrons. The largest absolute Gasteiger partial charge is 0.493 e. The molecule has 0 saturated carbocycles. The van der Waals surface area contributed by atoms with Crippen LogP contribution in [-0.4, -0.2) is 43.4 Å². The Balaban J connectivity index is 1.92. The molecule has 0 spiro atoms. The van der Waals surface area contributed by atoms with Gasteiger partial charge in [-0.3, -0.25) is 9.89 Å². The Kier molecular flexibility index (Phi) is 8.05. The third-order valence-electron chi connectivity index (χ3n) is 4.92.